The highest BCUT2D eigenvalue weighted by molar-refractivity contribution is 5.84. The fourth-order valence-electron chi connectivity index (χ4n) is 2.02. The summed E-state index contributed by atoms with van der Waals surface area (Å²) < 4.78 is 0. The van der Waals surface area contributed by atoms with E-state index in [0.717, 1.165) is 18.5 Å². The molecule has 0 heterocycles. The van der Waals surface area contributed by atoms with E-state index in [1.54, 1.807) is 0 Å². The van der Waals surface area contributed by atoms with Crippen LogP contribution in [0.4, 0.5) is 5.69 Å². The molecule has 1 rings (SSSR count). The van der Waals surface area contributed by atoms with Gasteiger partial charge in [-0.1, -0.05) is 33.8 Å². The summed E-state index contributed by atoms with van der Waals surface area (Å²) in [6, 6.07) is 4.58. The molecule has 0 atom stereocenters. The van der Waals surface area contributed by atoms with Gasteiger partial charge in [0.25, 0.3) is 0 Å². The standard InChI is InChI=1S/C16H25N/c1-7-13(6)17-16-10-15(11(3)4)14(8-2)9-12(16)5/h9-11H,7-8H2,1-6H3. The lowest BCUT2D eigenvalue weighted by atomic mass is 9.93. The van der Waals surface area contributed by atoms with E-state index in [1.807, 2.05) is 0 Å². The van der Waals surface area contributed by atoms with Crippen LogP contribution in [0.25, 0.3) is 0 Å². The molecule has 0 bridgehead atoms. The molecular weight excluding hydrogens is 206 g/mol. The first-order valence-corrected chi connectivity index (χ1v) is 6.67. The number of aliphatic imine (C=N–C) groups is 1. The van der Waals surface area contributed by atoms with E-state index in [1.165, 1.54) is 22.4 Å². The van der Waals surface area contributed by atoms with Gasteiger partial charge in [0.1, 0.15) is 0 Å². The Morgan fingerprint density at radius 1 is 1.24 bits per heavy atom. The van der Waals surface area contributed by atoms with Crippen molar-refractivity contribution in [2.45, 2.75) is 60.3 Å². The SMILES string of the molecule is CCC(C)=Nc1cc(C(C)C)c(CC)cc1C. The molecule has 0 aliphatic carbocycles. The Morgan fingerprint density at radius 2 is 1.88 bits per heavy atom. The van der Waals surface area contributed by atoms with E-state index in [0.29, 0.717) is 5.92 Å². The quantitative estimate of drug-likeness (QED) is 0.633. The van der Waals surface area contributed by atoms with Crippen LogP contribution < -0.4 is 0 Å². The van der Waals surface area contributed by atoms with Gasteiger partial charge >= 0.3 is 0 Å². The minimum Gasteiger partial charge on any atom is -0.258 e. The fourth-order valence-corrected chi connectivity index (χ4v) is 2.02. The Hall–Kier alpha value is -1.11. The lowest BCUT2D eigenvalue weighted by Crippen LogP contribution is -1.97. The third kappa shape index (κ3) is 3.42. The Balaban J connectivity index is 3.29. The van der Waals surface area contributed by atoms with Crippen molar-refractivity contribution in [1.82, 2.24) is 0 Å². The van der Waals surface area contributed by atoms with Crippen LogP contribution in [0.1, 0.15) is 63.6 Å². The van der Waals surface area contributed by atoms with Gasteiger partial charge in [0.05, 0.1) is 5.69 Å². The van der Waals surface area contributed by atoms with Gasteiger partial charge in [-0.15, -0.1) is 0 Å². The van der Waals surface area contributed by atoms with Crippen LogP contribution >= 0.6 is 0 Å². The normalized spacial score (nSPS) is 12.3. The second kappa shape index (κ2) is 6.00. The monoisotopic (exact) mass is 231 g/mol. The third-order valence-corrected chi connectivity index (χ3v) is 3.28. The molecule has 0 N–H and O–H groups in total. The number of aryl methyl sites for hydroxylation is 2. The van der Waals surface area contributed by atoms with Crippen LogP contribution in [0.15, 0.2) is 17.1 Å². The topological polar surface area (TPSA) is 12.4 Å². The van der Waals surface area contributed by atoms with Crippen LogP contribution in [0, 0.1) is 6.92 Å². The van der Waals surface area contributed by atoms with E-state index in [-0.39, 0.29) is 0 Å². The van der Waals surface area contributed by atoms with E-state index < -0.39 is 0 Å². The summed E-state index contributed by atoms with van der Waals surface area (Å²) >= 11 is 0. The van der Waals surface area contributed by atoms with Crippen LogP contribution in [-0.2, 0) is 6.42 Å². The number of hydrogen-bond donors (Lipinski definition) is 0. The molecular formula is C16H25N. The largest absolute Gasteiger partial charge is 0.258 e. The summed E-state index contributed by atoms with van der Waals surface area (Å²) in [6.07, 6.45) is 2.12. The first-order valence-electron chi connectivity index (χ1n) is 6.67. The summed E-state index contributed by atoms with van der Waals surface area (Å²) in [5, 5.41) is 0. The fraction of sp³-hybridized carbons (Fsp3) is 0.562. The molecule has 0 saturated heterocycles. The molecule has 1 aromatic rings. The average Bonchev–Trinajstić information content (AvgIpc) is 2.30. The van der Waals surface area contributed by atoms with Crippen LogP contribution in [0.3, 0.4) is 0 Å². The van der Waals surface area contributed by atoms with Crippen molar-refractivity contribution in [3.05, 3.63) is 28.8 Å². The van der Waals surface area contributed by atoms with Crippen LogP contribution in [0.2, 0.25) is 0 Å². The Kier molecular flexibility index (Phi) is 4.92. The van der Waals surface area contributed by atoms with Gasteiger partial charge in [-0.05, 0) is 55.4 Å². The third-order valence-electron chi connectivity index (χ3n) is 3.28. The number of nitrogens with zero attached hydrogens (tertiary/aromatic N) is 1. The maximum absolute atomic E-state index is 4.71. The van der Waals surface area contributed by atoms with E-state index in [9.17, 15) is 0 Å². The zero-order valence-corrected chi connectivity index (χ0v) is 12.1. The smallest absolute Gasteiger partial charge is 0.0661 e. The Morgan fingerprint density at radius 3 is 2.35 bits per heavy atom. The number of hydrogen-bond acceptors (Lipinski definition) is 1. The lowest BCUT2D eigenvalue weighted by molar-refractivity contribution is 0.843. The predicted molar refractivity (Wildman–Crippen MR) is 77.7 cm³/mol. The summed E-state index contributed by atoms with van der Waals surface area (Å²) in [6.45, 7) is 13.1. The molecule has 0 aromatic heterocycles. The molecule has 0 radical (unpaired) electrons. The van der Waals surface area contributed by atoms with Crippen molar-refractivity contribution in [3.63, 3.8) is 0 Å². The first kappa shape index (κ1) is 14.0. The molecule has 17 heavy (non-hydrogen) atoms. The summed E-state index contributed by atoms with van der Waals surface area (Å²) in [5.74, 6) is 0.571. The van der Waals surface area contributed by atoms with Crippen molar-refractivity contribution < 1.29 is 0 Å². The minimum atomic E-state index is 0.571. The van der Waals surface area contributed by atoms with E-state index in [2.05, 4.69) is 53.7 Å². The molecule has 1 heteroatoms. The molecule has 1 aromatic carbocycles. The average molecular weight is 231 g/mol. The number of benzene rings is 1. The van der Waals surface area contributed by atoms with Gasteiger partial charge in [0.2, 0.25) is 0 Å². The summed E-state index contributed by atoms with van der Waals surface area (Å²) in [4.78, 5) is 4.71. The molecule has 0 aliphatic heterocycles. The lowest BCUT2D eigenvalue weighted by Gasteiger charge is -2.14. The van der Waals surface area contributed by atoms with Gasteiger partial charge in [0, 0.05) is 5.71 Å². The zero-order valence-electron chi connectivity index (χ0n) is 12.1. The zero-order chi connectivity index (χ0) is 13.0. The van der Waals surface area contributed by atoms with Gasteiger partial charge < -0.3 is 0 Å². The van der Waals surface area contributed by atoms with Crippen molar-refractivity contribution in [3.8, 4) is 0 Å². The van der Waals surface area contributed by atoms with Crippen molar-refractivity contribution >= 4 is 11.4 Å². The van der Waals surface area contributed by atoms with Crippen molar-refractivity contribution in [2.75, 3.05) is 0 Å². The minimum absolute atomic E-state index is 0.571. The first-order chi connectivity index (χ1) is 7.99. The van der Waals surface area contributed by atoms with Crippen LogP contribution in [-0.4, -0.2) is 5.71 Å². The highest BCUT2D eigenvalue weighted by Crippen LogP contribution is 2.29. The Bertz CT molecular complexity index is 414. The maximum Gasteiger partial charge on any atom is 0.0661 e. The summed E-state index contributed by atoms with van der Waals surface area (Å²) in [5.41, 5.74) is 6.54. The number of rotatable bonds is 4. The second-order valence-electron chi connectivity index (χ2n) is 5.05. The van der Waals surface area contributed by atoms with Crippen molar-refractivity contribution in [2.24, 2.45) is 4.99 Å². The molecule has 0 fully saturated rings. The predicted octanol–water partition coefficient (Wildman–Crippen LogP) is 5.18. The molecule has 0 unspecified atom stereocenters. The maximum atomic E-state index is 4.71. The van der Waals surface area contributed by atoms with E-state index in [4.69, 9.17) is 4.99 Å². The molecule has 94 valence electrons. The van der Waals surface area contributed by atoms with Gasteiger partial charge in [0.15, 0.2) is 0 Å². The molecule has 0 aliphatic rings. The van der Waals surface area contributed by atoms with Gasteiger partial charge in [-0.2, -0.15) is 0 Å². The summed E-state index contributed by atoms with van der Waals surface area (Å²) in [7, 11) is 0. The van der Waals surface area contributed by atoms with Gasteiger partial charge in [-0.3, -0.25) is 4.99 Å². The van der Waals surface area contributed by atoms with Crippen molar-refractivity contribution in [1.29, 1.82) is 0 Å². The molecule has 1 nitrogen and oxygen atoms in total. The Labute approximate surface area is 106 Å². The van der Waals surface area contributed by atoms with E-state index >= 15 is 0 Å². The molecule has 0 saturated carbocycles. The molecule has 0 spiro atoms. The van der Waals surface area contributed by atoms with Crippen LogP contribution in [0.5, 0.6) is 0 Å². The van der Waals surface area contributed by atoms with Gasteiger partial charge in [-0.25, -0.2) is 0 Å². The highest BCUT2D eigenvalue weighted by Gasteiger charge is 2.09. The highest BCUT2D eigenvalue weighted by atomic mass is 14.7. The molecule has 0 amide bonds. The second-order valence-corrected chi connectivity index (χ2v) is 5.05.